The predicted molar refractivity (Wildman–Crippen MR) is 76.7 cm³/mol. The molecular weight excluding hydrogens is 321 g/mol. The monoisotopic (exact) mass is 342 g/mol. The van der Waals surface area contributed by atoms with Gasteiger partial charge >= 0.3 is 6.18 Å². The number of likely N-dealkylation sites (tertiary alicyclic amines) is 1. The summed E-state index contributed by atoms with van der Waals surface area (Å²) in [6.07, 6.45) is -1.38. The molecule has 8 heteroatoms. The highest BCUT2D eigenvalue weighted by Crippen LogP contribution is 2.47. The van der Waals surface area contributed by atoms with Crippen LogP contribution in [0.3, 0.4) is 0 Å². The molecule has 1 aliphatic carbocycles. The molecule has 2 heterocycles. The molecule has 0 bridgehead atoms. The Hall–Kier alpha value is -0.530. The average molecular weight is 343 g/mol. The van der Waals surface area contributed by atoms with E-state index in [0.29, 0.717) is 6.54 Å². The van der Waals surface area contributed by atoms with Crippen LogP contribution in [0.15, 0.2) is 0 Å². The van der Waals surface area contributed by atoms with Crippen molar-refractivity contribution in [3.63, 3.8) is 0 Å². The Kier molecular flexibility index (Phi) is 4.73. The minimum atomic E-state index is -4.68. The van der Waals surface area contributed by atoms with E-state index in [4.69, 9.17) is 0 Å². The Labute approximate surface area is 133 Å². The summed E-state index contributed by atoms with van der Waals surface area (Å²) >= 11 is 0. The van der Waals surface area contributed by atoms with Crippen LogP contribution >= 0.6 is 12.4 Å². The first-order valence-electron chi connectivity index (χ1n) is 7.58. The number of carbonyl (C=O) groups is 1. The second kappa shape index (κ2) is 5.83. The number of fused-ring (bicyclic) bond motifs is 1. The lowest BCUT2D eigenvalue weighted by Crippen LogP contribution is -2.52. The number of carbonyl (C=O) groups excluding carboxylic acids is 1. The fourth-order valence-corrected chi connectivity index (χ4v) is 4.18. The van der Waals surface area contributed by atoms with E-state index in [9.17, 15) is 23.1 Å². The third-order valence-electron chi connectivity index (χ3n) is 5.53. The molecule has 0 aromatic carbocycles. The van der Waals surface area contributed by atoms with Crippen LogP contribution in [0.4, 0.5) is 13.2 Å². The fourth-order valence-electron chi connectivity index (χ4n) is 4.18. The minimum absolute atomic E-state index is 0. The van der Waals surface area contributed by atoms with Crippen LogP contribution in [0.25, 0.3) is 0 Å². The molecule has 1 unspecified atom stereocenters. The van der Waals surface area contributed by atoms with Crippen LogP contribution in [0.2, 0.25) is 0 Å². The van der Waals surface area contributed by atoms with Gasteiger partial charge in [-0.3, -0.25) is 4.79 Å². The van der Waals surface area contributed by atoms with Gasteiger partial charge in [-0.25, -0.2) is 0 Å². The van der Waals surface area contributed by atoms with Gasteiger partial charge in [0.15, 0.2) is 5.60 Å². The lowest BCUT2D eigenvalue weighted by Gasteiger charge is -2.40. The van der Waals surface area contributed by atoms with E-state index in [0.717, 1.165) is 32.2 Å². The van der Waals surface area contributed by atoms with Gasteiger partial charge in [-0.15, -0.1) is 12.4 Å². The highest BCUT2D eigenvalue weighted by Gasteiger charge is 2.60. The largest absolute Gasteiger partial charge is 0.419 e. The summed E-state index contributed by atoms with van der Waals surface area (Å²) < 4.78 is 38.7. The number of rotatable bonds is 1. The predicted octanol–water partition coefficient (Wildman–Crippen LogP) is 1.71. The molecule has 22 heavy (non-hydrogen) atoms. The minimum Gasteiger partial charge on any atom is -0.379 e. The Balaban J connectivity index is 0.00000176. The summed E-state index contributed by atoms with van der Waals surface area (Å²) in [5.41, 5.74) is -3.29. The molecule has 2 N–H and O–H groups in total. The highest BCUT2D eigenvalue weighted by molar-refractivity contribution is 5.85. The molecule has 0 spiro atoms. The lowest BCUT2D eigenvalue weighted by atomic mass is 9.67. The molecule has 0 aromatic rings. The molecule has 3 fully saturated rings. The van der Waals surface area contributed by atoms with Crippen LogP contribution in [0.5, 0.6) is 0 Å². The van der Waals surface area contributed by atoms with Gasteiger partial charge in [0.2, 0.25) is 5.91 Å². The van der Waals surface area contributed by atoms with Gasteiger partial charge < -0.3 is 15.3 Å². The number of halogens is 4. The summed E-state index contributed by atoms with van der Waals surface area (Å²) in [6.45, 7) is 0.688. The van der Waals surface area contributed by atoms with Gasteiger partial charge in [-0.05, 0) is 25.3 Å². The fraction of sp³-hybridized carbons (Fsp3) is 0.929. The molecule has 3 rings (SSSR count). The molecule has 4 nitrogen and oxygen atoms in total. The zero-order chi connectivity index (χ0) is 15.3. The van der Waals surface area contributed by atoms with Crippen molar-refractivity contribution in [1.82, 2.24) is 10.2 Å². The van der Waals surface area contributed by atoms with Gasteiger partial charge in [-0.1, -0.05) is 12.8 Å². The van der Waals surface area contributed by atoms with Crippen molar-refractivity contribution in [3.05, 3.63) is 0 Å². The van der Waals surface area contributed by atoms with E-state index in [-0.39, 0.29) is 30.8 Å². The molecule has 0 radical (unpaired) electrons. The second-order valence-corrected chi connectivity index (χ2v) is 6.74. The second-order valence-electron chi connectivity index (χ2n) is 6.74. The van der Waals surface area contributed by atoms with Gasteiger partial charge in [0.1, 0.15) is 0 Å². The Morgan fingerprint density at radius 2 is 2.00 bits per heavy atom. The third kappa shape index (κ3) is 2.61. The number of hydrogen-bond acceptors (Lipinski definition) is 3. The van der Waals surface area contributed by atoms with E-state index in [2.05, 4.69) is 5.32 Å². The molecule has 2 saturated heterocycles. The SMILES string of the molecule is Cl.O=C(N1CCC(O)(C(F)(F)F)C1)[C@@]12CCCC[C@H]1CNC2. The average Bonchev–Trinajstić information content (AvgIpc) is 3.02. The van der Waals surface area contributed by atoms with Crippen LogP contribution in [-0.4, -0.2) is 53.9 Å². The molecular formula is C14H22ClF3N2O2. The van der Waals surface area contributed by atoms with Crippen molar-refractivity contribution in [2.75, 3.05) is 26.2 Å². The summed E-state index contributed by atoms with van der Waals surface area (Å²) in [5.74, 6) is 0.0238. The van der Waals surface area contributed by atoms with E-state index in [1.165, 1.54) is 4.90 Å². The molecule has 0 aromatic heterocycles. The summed E-state index contributed by atoms with van der Waals surface area (Å²) in [4.78, 5) is 14.1. The van der Waals surface area contributed by atoms with Crippen molar-refractivity contribution >= 4 is 18.3 Å². The number of nitrogens with one attached hydrogen (secondary N) is 1. The molecule has 1 saturated carbocycles. The third-order valence-corrected chi connectivity index (χ3v) is 5.53. The Bertz CT molecular complexity index is 448. The van der Waals surface area contributed by atoms with Gasteiger partial charge in [0.05, 0.1) is 12.0 Å². The normalized spacial score (nSPS) is 38.5. The number of hydrogen-bond donors (Lipinski definition) is 2. The zero-order valence-corrected chi connectivity index (χ0v) is 13.1. The molecule has 3 aliphatic rings. The first-order chi connectivity index (χ1) is 9.79. The van der Waals surface area contributed by atoms with Gasteiger partial charge in [0.25, 0.3) is 0 Å². The quantitative estimate of drug-likeness (QED) is 0.763. The number of alkyl halides is 3. The maximum absolute atomic E-state index is 12.9. The molecule has 1 amide bonds. The lowest BCUT2D eigenvalue weighted by molar-refractivity contribution is -0.253. The van der Waals surface area contributed by atoms with Crippen LogP contribution in [0.1, 0.15) is 32.1 Å². The smallest absolute Gasteiger partial charge is 0.379 e. The van der Waals surface area contributed by atoms with Gasteiger partial charge in [-0.2, -0.15) is 13.2 Å². The summed E-state index contributed by atoms with van der Waals surface area (Å²) in [5, 5.41) is 13.0. The first-order valence-corrected chi connectivity index (χ1v) is 7.58. The number of nitrogens with zero attached hydrogens (tertiary/aromatic N) is 1. The highest BCUT2D eigenvalue weighted by atomic mass is 35.5. The van der Waals surface area contributed by atoms with E-state index in [1.807, 2.05) is 0 Å². The van der Waals surface area contributed by atoms with Crippen molar-refractivity contribution in [1.29, 1.82) is 0 Å². The Morgan fingerprint density at radius 3 is 2.64 bits per heavy atom. The van der Waals surface area contributed by atoms with Crippen molar-refractivity contribution in [2.45, 2.75) is 43.9 Å². The topological polar surface area (TPSA) is 52.6 Å². The van der Waals surface area contributed by atoms with Crippen molar-refractivity contribution in [2.24, 2.45) is 11.3 Å². The Morgan fingerprint density at radius 1 is 1.27 bits per heavy atom. The number of β-amino-alcohol motifs (C(OH)–C–C–N with tert-alkyl or cyclic N) is 1. The van der Waals surface area contributed by atoms with Crippen LogP contribution in [0, 0.1) is 11.3 Å². The van der Waals surface area contributed by atoms with Crippen molar-refractivity contribution in [3.8, 4) is 0 Å². The molecule has 3 atom stereocenters. The summed E-state index contributed by atoms with van der Waals surface area (Å²) in [7, 11) is 0. The molecule has 128 valence electrons. The first kappa shape index (κ1) is 17.8. The van der Waals surface area contributed by atoms with E-state index in [1.54, 1.807) is 0 Å². The maximum atomic E-state index is 12.9. The van der Waals surface area contributed by atoms with E-state index >= 15 is 0 Å². The standard InChI is InChI=1S/C14H21F3N2O2.ClH/c15-14(16,17)13(21)5-6-19(9-13)11(20)12-4-2-1-3-10(12)7-18-8-12;/h10,18,21H,1-9H2;1H/t10-,12+,13?;/m0./s1. The maximum Gasteiger partial charge on any atom is 0.419 e. The number of amides is 1. The van der Waals surface area contributed by atoms with E-state index < -0.39 is 30.2 Å². The van der Waals surface area contributed by atoms with Gasteiger partial charge in [0, 0.05) is 19.5 Å². The number of aliphatic hydroxyl groups is 1. The molecule has 2 aliphatic heterocycles. The summed E-state index contributed by atoms with van der Waals surface area (Å²) in [6, 6.07) is 0. The van der Waals surface area contributed by atoms with Crippen LogP contribution < -0.4 is 5.32 Å². The van der Waals surface area contributed by atoms with Crippen molar-refractivity contribution < 1.29 is 23.1 Å². The van der Waals surface area contributed by atoms with Crippen LogP contribution in [-0.2, 0) is 4.79 Å². The zero-order valence-electron chi connectivity index (χ0n) is 12.3.